The summed E-state index contributed by atoms with van der Waals surface area (Å²) in [5.41, 5.74) is -0.0273. The zero-order chi connectivity index (χ0) is 15.5. The van der Waals surface area contributed by atoms with E-state index in [1.807, 2.05) is 6.92 Å². The lowest BCUT2D eigenvalue weighted by atomic mass is 10.2. The molecule has 7 heteroatoms. The Balaban J connectivity index is 2.46. The standard InChI is InChI=1S/C14H22FN3O3/c1-3-5-16-13-12(15)11(4-6-17-13)14(19)18-7-8-21-10-9-20-2/h4,6H,3,5,7-10H2,1-2H3,(H,16,17)(H,18,19). The number of ether oxygens (including phenoxy) is 2. The van der Waals surface area contributed by atoms with Gasteiger partial charge in [0.15, 0.2) is 11.6 Å². The summed E-state index contributed by atoms with van der Waals surface area (Å²) in [6.45, 7) is 4.18. The van der Waals surface area contributed by atoms with Crippen LogP contribution in [0.25, 0.3) is 0 Å². The Morgan fingerprint density at radius 2 is 2.14 bits per heavy atom. The van der Waals surface area contributed by atoms with Crippen molar-refractivity contribution in [1.82, 2.24) is 10.3 Å². The molecule has 0 spiro atoms. The Morgan fingerprint density at radius 3 is 2.86 bits per heavy atom. The second kappa shape index (κ2) is 10.1. The molecule has 0 atom stereocenters. The number of nitrogens with zero attached hydrogens (tertiary/aromatic N) is 1. The molecule has 0 saturated heterocycles. The summed E-state index contributed by atoms with van der Waals surface area (Å²) in [4.78, 5) is 15.8. The summed E-state index contributed by atoms with van der Waals surface area (Å²) in [6.07, 6.45) is 2.25. The van der Waals surface area contributed by atoms with E-state index in [4.69, 9.17) is 9.47 Å². The third-order valence-electron chi connectivity index (χ3n) is 2.64. The molecular weight excluding hydrogens is 277 g/mol. The maximum Gasteiger partial charge on any atom is 0.254 e. The lowest BCUT2D eigenvalue weighted by Crippen LogP contribution is -2.28. The topological polar surface area (TPSA) is 72.5 Å². The predicted octanol–water partition coefficient (Wildman–Crippen LogP) is 1.44. The van der Waals surface area contributed by atoms with Crippen LogP contribution < -0.4 is 10.6 Å². The number of nitrogens with one attached hydrogen (secondary N) is 2. The van der Waals surface area contributed by atoms with Crippen LogP contribution >= 0.6 is 0 Å². The Labute approximate surface area is 124 Å². The number of halogens is 1. The summed E-state index contributed by atoms with van der Waals surface area (Å²) in [7, 11) is 1.58. The van der Waals surface area contributed by atoms with E-state index in [1.165, 1.54) is 12.3 Å². The summed E-state index contributed by atoms with van der Waals surface area (Å²) < 4.78 is 24.1. The van der Waals surface area contributed by atoms with Crippen LogP contribution in [-0.2, 0) is 9.47 Å². The second-order valence-corrected chi connectivity index (χ2v) is 4.31. The van der Waals surface area contributed by atoms with E-state index in [0.717, 1.165) is 6.42 Å². The number of rotatable bonds is 10. The van der Waals surface area contributed by atoms with Gasteiger partial charge in [-0.1, -0.05) is 6.92 Å². The number of hydrogen-bond donors (Lipinski definition) is 2. The minimum Gasteiger partial charge on any atom is -0.382 e. The fraction of sp³-hybridized carbons (Fsp3) is 0.571. The van der Waals surface area contributed by atoms with Crippen LogP contribution in [0.2, 0.25) is 0 Å². The third kappa shape index (κ3) is 6.05. The van der Waals surface area contributed by atoms with Gasteiger partial charge in [-0.05, 0) is 12.5 Å². The summed E-state index contributed by atoms with van der Waals surface area (Å²) >= 11 is 0. The van der Waals surface area contributed by atoms with Crippen LogP contribution in [-0.4, -0.2) is 50.9 Å². The molecule has 0 unspecified atom stereocenters. The van der Waals surface area contributed by atoms with Crippen LogP contribution in [0.15, 0.2) is 12.3 Å². The number of methoxy groups -OCH3 is 1. The predicted molar refractivity (Wildman–Crippen MR) is 78.0 cm³/mol. The van der Waals surface area contributed by atoms with E-state index >= 15 is 0 Å². The van der Waals surface area contributed by atoms with Crippen LogP contribution in [0.1, 0.15) is 23.7 Å². The van der Waals surface area contributed by atoms with Crippen molar-refractivity contribution in [3.63, 3.8) is 0 Å². The van der Waals surface area contributed by atoms with Crippen LogP contribution in [0.4, 0.5) is 10.2 Å². The first-order valence-electron chi connectivity index (χ1n) is 6.94. The Hall–Kier alpha value is -1.73. The van der Waals surface area contributed by atoms with Gasteiger partial charge in [0.2, 0.25) is 0 Å². The molecule has 0 aliphatic rings. The SMILES string of the molecule is CCCNc1nccc(C(=O)NCCOCCOC)c1F. The molecule has 0 aromatic carbocycles. The fourth-order valence-electron chi connectivity index (χ4n) is 1.56. The van der Waals surface area contributed by atoms with E-state index in [-0.39, 0.29) is 11.4 Å². The monoisotopic (exact) mass is 299 g/mol. The van der Waals surface area contributed by atoms with Crippen molar-refractivity contribution >= 4 is 11.7 Å². The minimum absolute atomic E-state index is 0.0273. The molecule has 2 N–H and O–H groups in total. The van der Waals surface area contributed by atoms with E-state index in [1.54, 1.807) is 7.11 Å². The fourth-order valence-corrected chi connectivity index (χ4v) is 1.56. The van der Waals surface area contributed by atoms with Crippen molar-refractivity contribution in [2.75, 3.05) is 45.3 Å². The molecule has 118 valence electrons. The smallest absolute Gasteiger partial charge is 0.254 e. The normalized spacial score (nSPS) is 10.4. The third-order valence-corrected chi connectivity index (χ3v) is 2.64. The lowest BCUT2D eigenvalue weighted by molar-refractivity contribution is 0.0692. The van der Waals surface area contributed by atoms with Gasteiger partial charge >= 0.3 is 0 Å². The Morgan fingerprint density at radius 1 is 1.33 bits per heavy atom. The number of amides is 1. The first-order valence-corrected chi connectivity index (χ1v) is 6.94. The highest BCUT2D eigenvalue weighted by Crippen LogP contribution is 2.14. The number of carbonyl (C=O) groups is 1. The van der Waals surface area contributed by atoms with Crippen molar-refractivity contribution in [1.29, 1.82) is 0 Å². The largest absolute Gasteiger partial charge is 0.382 e. The van der Waals surface area contributed by atoms with Crippen molar-refractivity contribution in [2.45, 2.75) is 13.3 Å². The molecule has 6 nitrogen and oxygen atoms in total. The molecule has 1 heterocycles. The highest BCUT2D eigenvalue weighted by atomic mass is 19.1. The quantitative estimate of drug-likeness (QED) is 0.640. The van der Waals surface area contributed by atoms with Gasteiger partial charge in [-0.3, -0.25) is 4.79 Å². The van der Waals surface area contributed by atoms with Gasteiger partial charge in [0, 0.05) is 26.4 Å². The van der Waals surface area contributed by atoms with Crippen LogP contribution in [0.3, 0.4) is 0 Å². The van der Waals surface area contributed by atoms with Crippen molar-refractivity contribution in [3.05, 3.63) is 23.6 Å². The molecule has 0 radical (unpaired) electrons. The second-order valence-electron chi connectivity index (χ2n) is 4.31. The van der Waals surface area contributed by atoms with Gasteiger partial charge in [-0.15, -0.1) is 0 Å². The van der Waals surface area contributed by atoms with E-state index < -0.39 is 11.7 Å². The van der Waals surface area contributed by atoms with Gasteiger partial charge in [-0.2, -0.15) is 0 Å². The number of carbonyl (C=O) groups excluding carboxylic acids is 1. The van der Waals surface area contributed by atoms with Crippen LogP contribution in [0, 0.1) is 5.82 Å². The number of pyridine rings is 1. The molecule has 0 saturated carbocycles. The molecule has 1 aromatic rings. The molecule has 0 aliphatic carbocycles. The molecule has 0 aliphatic heterocycles. The molecule has 1 aromatic heterocycles. The Kier molecular flexibility index (Phi) is 8.30. The average molecular weight is 299 g/mol. The van der Waals surface area contributed by atoms with Crippen molar-refractivity contribution in [3.8, 4) is 0 Å². The lowest BCUT2D eigenvalue weighted by Gasteiger charge is -2.10. The molecular formula is C14H22FN3O3. The molecule has 1 rings (SSSR count). The summed E-state index contributed by atoms with van der Waals surface area (Å²) in [6, 6.07) is 1.35. The van der Waals surface area contributed by atoms with E-state index in [2.05, 4.69) is 15.6 Å². The first-order chi connectivity index (χ1) is 10.2. The number of aromatic nitrogens is 1. The maximum atomic E-state index is 14.1. The van der Waals surface area contributed by atoms with Crippen molar-refractivity contribution < 1.29 is 18.7 Å². The van der Waals surface area contributed by atoms with E-state index in [9.17, 15) is 9.18 Å². The highest BCUT2D eigenvalue weighted by Gasteiger charge is 2.15. The number of hydrogen-bond acceptors (Lipinski definition) is 5. The zero-order valence-electron chi connectivity index (χ0n) is 12.4. The first kappa shape index (κ1) is 17.3. The van der Waals surface area contributed by atoms with E-state index in [0.29, 0.717) is 32.9 Å². The van der Waals surface area contributed by atoms with Gasteiger partial charge in [0.1, 0.15) is 0 Å². The maximum absolute atomic E-state index is 14.1. The van der Waals surface area contributed by atoms with Gasteiger partial charge in [0.25, 0.3) is 5.91 Å². The summed E-state index contributed by atoms with van der Waals surface area (Å²) in [5, 5.41) is 5.44. The summed E-state index contributed by atoms with van der Waals surface area (Å²) in [5.74, 6) is -1.02. The molecule has 0 fully saturated rings. The van der Waals surface area contributed by atoms with Crippen molar-refractivity contribution in [2.24, 2.45) is 0 Å². The van der Waals surface area contributed by atoms with Gasteiger partial charge < -0.3 is 20.1 Å². The van der Waals surface area contributed by atoms with Gasteiger partial charge in [0.05, 0.1) is 25.4 Å². The average Bonchev–Trinajstić information content (AvgIpc) is 2.49. The zero-order valence-corrected chi connectivity index (χ0v) is 12.4. The number of anilines is 1. The molecule has 21 heavy (non-hydrogen) atoms. The molecule has 0 bridgehead atoms. The van der Waals surface area contributed by atoms with Gasteiger partial charge in [-0.25, -0.2) is 9.37 Å². The highest BCUT2D eigenvalue weighted by molar-refractivity contribution is 5.95. The Bertz CT molecular complexity index is 443. The minimum atomic E-state index is -0.635. The molecule has 1 amide bonds. The van der Waals surface area contributed by atoms with Crippen LogP contribution in [0.5, 0.6) is 0 Å².